The molecule has 0 amide bonds. The van der Waals surface area contributed by atoms with Crippen LogP contribution < -0.4 is 0 Å². The Labute approximate surface area is 136 Å². The SMILES string of the molecule is C=CCC1CC(=O)OC1=O.CCCCCCCCCCCC. The summed E-state index contributed by atoms with van der Waals surface area (Å²) in [4.78, 5) is 21.1. The van der Waals surface area contributed by atoms with E-state index in [9.17, 15) is 9.59 Å². The van der Waals surface area contributed by atoms with Crippen LogP contribution in [0, 0.1) is 5.92 Å². The zero-order chi connectivity index (χ0) is 16.6. The van der Waals surface area contributed by atoms with Crippen LogP contribution in [0.4, 0.5) is 0 Å². The van der Waals surface area contributed by atoms with Crippen molar-refractivity contribution in [2.24, 2.45) is 5.92 Å². The monoisotopic (exact) mass is 310 g/mol. The van der Waals surface area contributed by atoms with E-state index >= 15 is 0 Å². The number of cyclic esters (lactones) is 2. The van der Waals surface area contributed by atoms with E-state index in [1.807, 2.05) is 0 Å². The van der Waals surface area contributed by atoms with Crippen molar-refractivity contribution < 1.29 is 14.3 Å². The quantitative estimate of drug-likeness (QED) is 0.216. The van der Waals surface area contributed by atoms with Crippen LogP contribution in [0.2, 0.25) is 0 Å². The normalized spacial score (nSPS) is 16.9. The maximum Gasteiger partial charge on any atom is 0.317 e. The molecule has 0 spiro atoms. The van der Waals surface area contributed by atoms with Gasteiger partial charge in [-0.05, 0) is 6.42 Å². The maximum atomic E-state index is 10.7. The number of unbranched alkanes of at least 4 members (excludes halogenated alkanes) is 9. The Kier molecular flexibility index (Phi) is 14.0. The molecule has 1 unspecified atom stereocenters. The van der Waals surface area contributed by atoms with Crippen LogP contribution in [-0.2, 0) is 14.3 Å². The van der Waals surface area contributed by atoms with Crippen molar-refractivity contribution in [2.75, 3.05) is 0 Å². The number of esters is 2. The second-order valence-electron chi connectivity index (χ2n) is 6.05. The predicted octanol–water partition coefficient (Wildman–Crippen LogP) is 5.58. The smallest absolute Gasteiger partial charge is 0.317 e. The fraction of sp³-hybridized carbons (Fsp3) is 0.789. The first-order chi connectivity index (χ1) is 10.7. The summed E-state index contributed by atoms with van der Waals surface area (Å²) in [5.74, 6) is -1.10. The van der Waals surface area contributed by atoms with E-state index < -0.39 is 11.9 Å². The van der Waals surface area contributed by atoms with Gasteiger partial charge in [-0.1, -0.05) is 84.1 Å². The minimum absolute atomic E-state index is 0.213. The molecule has 0 aromatic rings. The number of allylic oxidation sites excluding steroid dienone is 1. The molecule has 1 saturated heterocycles. The summed E-state index contributed by atoms with van der Waals surface area (Å²) in [6.45, 7) is 8.02. The van der Waals surface area contributed by atoms with Gasteiger partial charge in [-0.3, -0.25) is 9.59 Å². The van der Waals surface area contributed by atoms with Gasteiger partial charge in [-0.15, -0.1) is 6.58 Å². The Morgan fingerprint density at radius 3 is 1.73 bits per heavy atom. The first kappa shape index (κ1) is 20.9. The summed E-state index contributed by atoms with van der Waals surface area (Å²) in [5.41, 5.74) is 0. The van der Waals surface area contributed by atoms with Crippen LogP contribution >= 0.6 is 0 Å². The van der Waals surface area contributed by atoms with Crippen LogP contribution in [-0.4, -0.2) is 11.9 Å². The van der Waals surface area contributed by atoms with Crippen molar-refractivity contribution in [3.8, 4) is 0 Å². The van der Waals surface area contributed by atoms with Gasteiger partial charge in [0.05, 0.1) is 12.3 Å². The largest absolute Gasteiger partial charge is 0.393 e. The van der Waals surface area contributed by atoms with Crippen LogP contribution in [0.25, 0.3) is 0 Å². The van der Waals surface area contributed by atoms with E-state index in [4.69, 9.17) is 0 Å². The van der Waals surface area contributed by atoms with Gasteiger partial charge in [0.1, 0.15) is 0 Å². The summed E-state index contributed by atoms with van der Waals surface area (Å²) in [6.07, 6.45) is 16.8. The van der Waals surface area contributed by atoms with Crippen LogP contribution in [0.3, 0.4) is 0 Å². The van der Waals surface area contributed by atoms with Crippen molar-refractivity contribution in [1.29, 1.82) is 0 Å². The molecule has 0 bridgehead atoms. The molecule has 1 atom stereocenters. The van der Waals surface area contributed by atoms with Crippen molar-refractivity contribution in [3.05, 3.63) is 12.7 Å². The third kappa shape index (κ3) is 11.5. The summed E-state index contributed by atoms with van der Waals surface area (Å²) in [5, 5.41) is 0. The van der Waals surface area contributed by atoms with E-state index in [2.05, 4.69) is 25.2 Å². The number of rotatable bonds is 11. The molecular weight excluding hydrogens is 276 g/mol. The third-order valence-electron chi connectivity index (χ3n) is 3.87. The highest BCUT2D eigenvalue weighted by Crippen LogP contribution is 2.19. The summed E-state index contributed by atoms with van der Waals surface area (Å²) in [7, 11) is 0. The molecule has 1 aliphatic heterocycles. The molecule has 0 N–H and O–H groups in total. The first-order valence-electron chi connectivity index (χ1n) is 9.01. The lowest BCUT2D eigenvalue weighted by Gasteiger charge is -1.99. The van der Waals surface area contributed by atoms with Gasteiger partial charge in [0.25, 0.3) is 0 Å². The Hall–Kier alpha value is -1.12. The third-order valence-corrected chi connectivity index (χ3v) is 3.87. The molecule has 0 aromatic heterocycles. The van der Waals surface area contributed by atoms with E-state index in [0.717, 1.165) is 0 Å². The lowest BCUT2D eigenvalue weighted by Crippen LogP contribution is -2.05. The number of ether oxygens (including phenoxy) is 1. The highest BCUT2D eigenvalue weighted by atomic mass is 16.6. The average molecular weight is 310 g/mol. The van der Waals surface area contributed by atoms with Gasteiger partial charge in [0.15, 0.2) is 0 Å². The fourth-order valence-corrected chi connectivity index (χ4v) is 2.46. The summed E-state index contributed by atoms with van der Waals surface area (Å²) in [6, 6.07) is 0. The van der Waals surface area contributed by atoms with E-state index in [1.165, 1.54) is 64.2 Å². The second kappa shape index (κ2) is 14.8. The van der Waals surface area contributed by atoms with E-state index in [1.54, 1.807) is 6.08 Å². The minimum Gasteiger partial charge on any atom is -0.393 e. The second-order valence-corrected chi connectivity index (χ2v) is 6.05. The van der Waals surface area contributed by atoms with Gasteiger partial charge < -0.3 is 4.74 Å². The van der Waals surface area contributed by atoms with Gasteiger partial charge in [0.2, 0.25) is 0 Å². The van der Waals surface area contributed by atoms with Crippen LogP contribution in [0.1, 0.15) is 90.9 Å². The minimum atomic E-state index is -0.420. The molecule has 1 fully saturated rings. The topological polar surface area (TPSA) is 43.4 Å². The molecule has 22 heavy (non-hydrogen) atoms. The van der Waals surface area contributed by atoms with E-state index in [0.29, 0.717) is 6.42 Å². The molecular formula is C19H34O3. The Morgan fingerprint density at radius 1 is 0.955 bits per heavy atom. The predicted molar refractivity (Wildman–Crippen MR) is 91.5 cm³/mol. The Bertz CT molecular complexity index is 300. The Balaban J connectivity index is 0.000000406. The first-order valence-corrected chi connectivity index (χ1v) is 9.01. The van der Waals surface area contributed by atoms with Crippen molar-refractivity contribution in [3.63, 3.8) is 0 Å². The summed E-state index contributed by atoms with van der Waals surface area (Å²) >= 11 is 0. The molecule has 1 rings (SSSR count). The van der Waals surface area contributed by atoms with Crippen LogP contribution in [0.15, 0.2) is 12.7 Å². The lowest BCUT2D eigenvalue weighted by molar-refractivity contribution is -0.153. The fourth-order valence-electron chi connectivity index (χ4n) is 2.46. The number of hydrogen-bond acceptors (Lipinski definition) is 3. The molecule has 1 heterocycles. The van der Waals surface area contributed by atoms with E-state index in [-0.39, 0.29) is 12.3 Å². The molecule has 3 nitrogen and oxygen atoms in total. The molecule has 1 aliphatic rings. The Morgan fingerprint density at radius 2 is 1.41 bits per heavy atom. The number of carbonyl (C=O) groups excluding carboxylic acids is 2. The van der Waals surface area contributed by atoms with Gasteiger partial charge in [-0.25, -0.2) is 0 Å². The number of carbonyl (C=O) groups is 2. The molecule has 128 valence electrons. The average Bonchev–Trinajstić information content (AvgIpc) is 2.81. The lowest BCUT2D eigenvalue weighted by atomic mass is 10.0. The van der Waals surface area contributed by atoms with Crippen molar-refractivity contribution in [1.82, 2.24) is 0 Å². The molecule has 0 radical (unpaired) electrons. The van der Waals surface area contributed by atoms with Crippen molar-refractivity contribution in [2.45, 2.75) is 90.9 Å². The van der Waals surface area contributed by atoms with Gasteiger partial charge in [0, 0.05) is 0 Å². The summed E-state index contributed by atoms with van der Waals surface area (Å²) < 4.78 is 4.30. The molecule has 0 aliphatic carbocycles. The number of hydrogen-bond donors (Lipinski definition) is 0. The van der Waals surface area contributed by atoms with Gasteiger partial charge >= 0.3 is 11.9 Å². The van der Waals surface area contributed by atoms with Crippen molar-refractivity contribution >= 4 is 11.9 Å². The van der Waals surface area contributed by atoms with Crippen LogP contribution in [0.5, 0.6) is 0 Å². The highest BCUT2D eigenvalue weighted by molar-refractivity contribution is 5.94. The zero-order valence-corrected chi connectivity index (χ0v) is 14.6. The zero-order valence-electron chi connectivity index (χ0n) is 14.6. The highest BCUT2D eigenvalue weighted by Gasteiger charge is 2.31. The van der Waals surface area contributed by atoms with Gasteiger partial charge in [-0.2, -0.15) is 0 Å². The molecule has 3 heteroatoms. The maximum absolute atomic E-state index is 10.7. The standard InChI is InChI=1S/C12H26.C7H8O3/c1-3-5-7-9-11-12-10-8-6-4-2;1-2-3-5-4-6(8)10-7(5)9/h3-12H2,1-2H3;2,5H,1,3-4H2. The molecule has 0 aromatic carbocycles. The molecule has 0 saturated carbocycles.